The lowest BCUT2D eigenvalue weighted by molar-refractivity contribution is 0.0950. The van der Waals surface area contributed by atoms with Gasteiger partial charge in [-0.2, -0.15) is 5.10 Å². The molecule has 0 aliphatic rings. The summed E-state index contributed by atoms with van der Waals surface area (Å²) in [5.41, 5.74) is 9.89. The summed E-state index contributed by atoms with van der Waals surface area (Å²) in [4.78, 5) is 15.9. The van der Waals surface area contributed by atoms with Crippen molar-refractivity contribution in [3.8, 4) is 0 Å². The number of aromatic nitrogens is 1. The molecule has 1 heterocycles. The van der Waals surface area contributed by atoms with Crippen molar-refractivity contribution in [2.45, 2.75) is 13.3 Å². The van der Waals surface area contributed by atoms with Gasteiger partial charge in [-0.15, -0.1) is 0 Å². The molecule has 0 aliphatic heterocycles. The predicted molar refractivity (Wildman–Crippen MR) is 94.6 cm³/mol. The standard InChI is InChI=1S/C15H13Cl3N4O/c1-2-8-3-5-9(6-4-8)7-20-22-15(23)13-10(16)12(19)11(17)14(18)21-13/h3-7H,2H2,1H3,(H2,19,21)(H,22,23)/b20-7-. The number of carbonyl (C=O) groups is 1. The molecule has 1 aromatic carbocycles. The predicted octanol–water partition coefficient (Wildman–Crippen LogP) is 3.95. The minimum atomic E-state index is -0.637. The molecule has 0 spiro atoms. The largest absolute Gasteiger partial charge is 0.396 e. The van der Waals surface area contributed by atoms with Crippen LogP contribution in [-0.2, 0) is 6.42 Å². The number of halogens is 3. The zero-order valence-corrected chi connectivity index (χ0v) is 14.4. The zero-order chi connectivity index (χ0) is 17.0. The number of benzene rings is 1. The summed E-state index contributed by atoms with van der Waals surface area (Å²) in [5, 5.41) is 3.69. The Kier molecular flexibility index (Phi) is 5.82. The third-order valence-corrected chi connectivity index (χ3v) is 4.19. The topological polar surface area (TPSA) is 80.4 Å². The van der Waals surface area contributed by atoms with Crippen molar-refractivity contribution in [1.29, 1.82) is 0 Å². The number of hydrogen-bond acceptors (Lipinski definition) is 4. The fourth-order valence-electron chi connectivity index (χ4n) is 1.74. The van der Waals surface area contributed by atoms with Gasteiger partial charge in [-0.25, -0.2) is 10.4 Å². The molecule has 3 N–H and O–H groups in total. The SMILES string of the molecule is CCc1ccc(/C=N\NC(=O)c2nc(Cl)c(Cl)c(N)c2Cl)cc1. The number of amides is 1. The molecule has 8 heteroatoms. The van der Waals surface area contributed by atoms with E-state index in [4.69, 9.17) is 40.5 Å². The number of hydrazone groups is 1. The van der Waals surface area contributed by atoms with E-state index in [2.05, 4.69) is 22.4 Å². The molecule has 0 aliphatic carbocycles. The number of nitrogens with zero attached hydrogens (tertiary/aromatic N) is 2. The average molecular weight is 372 g/mol. The molecule has 0 atom stereocenters. The van der Waals surface area contributed by atoms with Crippen molar-refractivity contribution < 1.29 is 4.79 Å². The second-order valence-corrected chi connectivity index (χ2v) is 5.70. The van der Waals surface area contributed by atoms with E-state index < -0.39 is 5.91 Å². The van der Waals surface area contributed by atoms with E-state index >= 15 is 0 Å². The Morgan fingerprint density at radius 2 is 1.91 bits per heavy atom. The molecule has 0 bridgehead atoms. The first kappa shape index (κ1) is 17.5. The van der Waals surface area contributed by atoms with Crippen molar-refractivity contribution in [3.63, 3.8) is 0 Å². The van der Waals surface area contributed by atoms with Crippen molar-refractivity contribution in [2.75, 3.05) is 5.73 Å². The number of pyridine rings is 1. The highest BCUT2D eigenvalue weighted by Gasteiger charge is 2.19. The van der Waals surface area contributed by atoms with Gasteiger partial charge in [0.15, 0.2) is 10.8 Å². The number of anilines is 1. The van der Waals surface area contributed by atoms with E-state index in [0.717, 1.165) is 12.0 Å². The Bertz CT molecular complexity index is 760. The van der Waals surface area contributed by atoms with Crippen LogP contribution in [0.15, 0.2) is 29.4 Å². The molecule has 1 amide bonds. The van der Waals surface area contributed by atoms with Gasteiger partial charge >= 0.3 is 0 Å². The molecular formula is C15H13Cl3N4O. The van der Waals surface area contributed by atoms with Crippen LogP contribution in [0.2, 0.25) is 15.2 Å². The zero-order valence-electron chi connectivity index (χ0n) is 12.1. The van der Waals surface area contributed by atoms with Crippen LogP contribution in [0.5, 0.6) is 0 Å². The number of aryl methyl sites for hydroxylation is 1. The first-order chi connectivity index (χ1) is 10.9. The number of nitrogen functional groups attached to an aromatic ring is 1. The van der Waals surface area contributed by atoms with Crippen molar-refractivity contribution in [3.05, 3.63) is 56.3 Å². The Morgan fingerprint density at radius 1 is 1.26 bits per heavy atom. The van der Waals surface area contributed by atoms with E-state index in [1.54, 1.807) is 0 Å². The Morgan fingerprint density at radius 3 is 2.52 bits per heavy atom. The molecule has 0 fully saturated rings. The van der Waals surface area contributed by atoms with Crippen LogP contribution in [-0.4, -0.2) is 17.1 Å². The fraction of sp³-hybridized carbons (Fsp3) is 0.133. The summed E-state index contributed by atoms with van der Waals surface area (Å²) in [6.45, 7) is 2.07. The Hall–Kier alpha value is -1.82. The van der Waals surface area contributed by atoms with Gasteiger partial charge < -0.3 is 5.73 Å². The van der Waals surface area contributed by atoms with Crippen LogP contribution >= 0.6 is 34.8 Å². The number of nitrogens with two attached hydrogens (primary N) is 1. The Labute approximate surface area is 148 Å². The van der Waals surface area contributed by atoms with Gasteiger partial charge in [0.25, 0.3) is 5.91 Å². The van der Waals surface area contributed by atoms with E-state index in [0.29, 0.717) is 0 Å². The number of hydrogen-bond donors (Lipinski definition) is 2. The second kappa shape index (κ2) is 7.64. The summed E-state index contributed by atoms with van der Waals surface area (Å²) in [7, 11) is 0. The van der Waals surface area contributed by atoms with Crippen LogP contribution in [0.4, 0.5) is 5.69 Å². The second-order valence-electron chi connectivity index (χ2n) is 4.59. The van der Waals surface area contributed by atoms with Crippen LogP contribution < -0.4 is 11.2 Å². The molecular weight excluding hydrogens is 359 g/mol. The first-order valence-electron chi connectivity index (χ1n) is 6.66. The quantitative estimate of drug-likeness (QED) is 0.485. The van der Waals surface area contributed by atoms with Crippen molar-refractivity contribution in [2.24, 2.45) is 5.10 Å². The highest BCUT2D eigenvalue weighted by Crippen LogP contribution is 2.34. The monoisotopic (exact) mass is 370 g/mol. The molecule has 2 rings (SSSR count). The third kappa shape index (κ3) is 4.13. The molecule has 1 aromatic heterocycles. The van der Waals surface area contributed by atoms with Gasteiger partial charge in [0.1, 0.15) is 5.02 Å². The van der Waals surface area contributed by atoms with E-state index in [9.17, 15) is 4.79 Å². The first-order valence-corrected chi connectivity index (χ1v) is 7.79. The minimum Gasteiger partial charge on any atom is -0.396 e. The molecule has 0 saturated carbocycles. The number of rotatable bonds is 4. The highest BCUT2D eigenvalue weighted by atomic mass is 35.5. The van der Waals surface area contributed by atoms with Gasteiger partial charge in [-0.1, -0.05) is 66.0 Å². The molecule has 0 radical (unpaired) electrons. The van der Waals surface area contributed by atoms with Crippen LogP contribution in [0.3, 0.4) is 0 Å². The Balaban J connectivity index is 2.11. The third-order valence-electron chi connectivity index (χ3n) is 3.05. The molecule has 23 heavy (non-hydrogen) atoms. The molecule has 5 nitrogen and oxygen atoms in total. The minimum absolute atomic E-state index is 0.00221. The van der Waals surface area contributed by atoms with Crippen LogP contribution in [0.25, 0.3) is 0 Å². The number of nitrogens with one attached hydrogen (secondary N) is 1. The van der Waals surface area contributed by atoms with E-state index in [-0.39, 0.29) is 26.6 Å². The van der Waals surface area contributed by atoms with Gasteiger partial charge in [0.05, 0.1) is 16.9 Å². The highest BCUT2D eigenvalue weighted by molar-refractivity contribution is 6.46. The maximum Gasteiger partial charge on any atom is 0.291 e. The van der Waals surface area contributed by atoms with Crippen molar-refractivity contribution >= 4 is 52.6 Å². The lowest BCUT2D eigenvalue weighted by Crippen LogP contribution is -2.20. The number of carbonyl (C=O) groups excluding carboxylic acids is 1. The van der Waals surface area contributed by atoms with Crippen LogP contribution in [0.1, 0.15) is 28.5 Å². The maximum atomic E-state index is 12.0. The van der Waals surface area contributed by atoms with E-state index in [1.807, 2.05) is 24.3 Å². The lowest BCUT2D eigenvalue weighted by Gasteiger charge is -2.07. The fourth-order valence-corrected chi connectivity index (χ4v) is 2.33. The molecule has 0 unspecified atom stereocenters. The van der Waals surface area contributed by atoms with Gasteiger partial charge in [-0.05, 0) is 17.5 Å². The van der Waals surface area contributed by atoms with Crippen molar-refractivity contribution in [1.82, 2.24) is 10.4 Å². The van der Waals surface area contributed by atoms with Gasteiger partial charge in [0, 0.05) is 0 Å². The summed E-state index contributed by atoms with van der Waals surface area (Å²) in [6, 6.07) is 7.77. The molecule has 2 aromatic rings. The normalized spacial score (nSPS) is 11.0. The summed E-state index contributed by atoms with van der Waals surface area (Å²) in [5.74, 6) is -0.637. The molecule has 0 saturated heterocycles. The van der Waals surface area contributed by atoms with Gasteiger partial charge in [-0.3, -0.25) is 4.79 Å². The smallest absolute Gasteiger partial charge is 0.291 e. The summed E-state index contributed by atoms with van der Waals surface area (Å²) in [6.07, 6.45) is 2.46. The molecule has 120 valence electrons. The van der Waals surface area contributed by atoms with Crippen LogP contribution in [0, 0.1) is 0 Å². The summed E-state index contributed by atoms with van der Waals surface area (Å²) < 4.78 is 0. The maximum absolute atomic E-state index is 12.0. The van der Waals surface area contributed by atoms with E-state index in [1.165, 1.54) is 11.8 Å². The average Bonchev–Trinajstić information content (AvgIpc) is 2.56. The summed E-state index contributed by atoms with van der Waals surface area (Å²) >= 11 is 17.5. The lowest BCUT2D eigenvalue weighted by atomic mass is 10.1. The van der Waals surface area contributed by atoms with Gasteiger partial charge in [0.2, 0.25) is 0 Å².